The highest BCUT2D eigenvalue weighted by atomic mass is 79.9. The molecule has 1 heterocycles. The predicted octanol–water partition coefficient (Wildman–Crippen LogP) is 3.30. The van der Waals surface area contributed by atoms with Gasteiger partial charge < -0.3 is 15.2 Å². The summed E-state index contributed by atoms with van der Waals surface area (Å²) in [6.45, 7) is 4.81. The zero-order valence-electron chi connectivity index (χ0n) is 12.0. The van der Waals surface area contributed by atoms with E-state index in [1.165, 1.54) is 4.88 Å². The average molecular weight is 371 g/mol. The predicted molar refractivity (Wildman–Crippen MR) is 88.9 cm³/mol. The Labute approximate surface area is 137 Å². The summed E-state index contributed by atoms with van der Waals surface area (Å²) in [5, 5.41) is 14.3. The van der Waals surface area contributed by atoms with Gasteiger partial charge in [-0.2, -0.15) is 0 Å². The Bertz CT molecular complexity index is 559. The van der Waals surface area contributed by atoms with Crippen LogP contribution in [0.5, 0.6) is 5.75 Å². The van der Waals surface area contributed by atoms with Crippen molar-refractivity contribution in [3.63, 3.8) is 0 Å². The monoisotopic (exact) mass is 370 g/mol. The fourth-order valence-electron chi connectivity index (χ4n) is 1.75. The van der Waals surface area contributed by atoms with Gasteiger partial charge in [0.2, 0.25) is 0 Å². The summed E-state index contributed by atoms with van der Waals surface area (Å²) in [5.41, 5.74) is 0. The first-order chi connectivity index (χ1) is 10.0. The van der Waals surface area contributed by atoms with Gasteiger partial charge in [-0.3, -0.25) is 0 Å². The molecule has 1 aromatic carbocycles. The summed E-state index contributed by atoms with van der Waals surface area (Å²) in [4.78, 5) is 5.53. The summed E-state index contributed by atoms with van der Waals surface area (Å²) in [6, 6.07) is 7.68. The second-order valence-corrected chi connectivity index (χ2v) is 7.04. The molecular weight excluding hydrogens is 352 g/mol. The lowest BCUT2D eigenvalue weighted by Gasteiger charge is -2.16. The second-order valence-electron chi connectivity index (χ2n) is 4.86. The number of ether oxygens (including phenoxy) is 1. The molecule has 0 saturated heterocycles. The molecule has 21 heavy (non-hydrogen) atoms. The van der Waals surface area contributed by atoms with Crippen LogP contribution < -0.4 is 10.1 Å². The summed E-state index contributed by atoms with van der Waals surface area (Å²) < 4.78 is 6.55. The van der Waals surface area contributed by atoms with Gasteiger partial charge in [0.1, 0.15) is 23.5 Å². The Kier molecular flexibility index (Phi) is 6.17. The Morgan fingerprint density at radius 1 is 1.38 bits per heavy atom. The van der Waals surface area contributed by atoms with Crippen LogP contribution in [0, 0.1) is 6.92 Å². The van der Waals surface area contributed by atoms with Crippen molar-refractivity contribution in [2.75, 3.05) is 13.2 Å². The largest absolute Gasteiger partial charge is 0.491 e. The van der Waals surface area contributed by atoms with E-state index in [0.29, 0.717) is 6.54 Å². The molecule has 2 aromatic rings. The van der Waals surface area contributed by atoms with Crippen LogP contribution in [-0.4, -0.2) is 29.3 Å². The first-order valence-corrected chi connectivity index (χ1v) is 8.37. The number of nitrogens with one attached hydrogen (secondary N) is 1. The fraction of sp³-hybridized carbons (Fsp3) is 0.400. The van der Waals surface area contributed by atoms with Crippen molar-refractivity contribution in [1.29, 1.82) is 0 Å². The molecule has 0 aliphatic rings. The molecular formula is C15H19BrN2O2S. The molecule has 6 heteroatoms. The smallest absolute Gasteiger partial charge is 0.119 e. The maximum Gasteiger partial charge on any atom is 0.119 e. The summed E-state index contributed by atoms with van der Waals surface area (Å²) in [7, 11) is 0. The van der Waals surface area contributed by atoms with Crippen molar-refractivity contribution < 1.29 is 9.84 Å². The normalized spacial score (nSPS) is 13.9. The van der Waals surface area contributed by atoms with Crippen LogP contribution in [0.2, 0.25) is 0 Å². The van der Waals surface area contributed by atoms with Gasteiger partial charge in [-0.1, -0.05) is 15.9 Å². The molecule has 114 valence electrons. The van der Waals surface area contributed by atoms with E-state index in [0.717, 1.165) is 15.2 Å². The highest BCUT2D eigenvalue weighted by Crippen LogP contribution is 2.19. The number of halogens is 1. The van der Waals surface area contributed by atoms with Crippen molar-refractivity contribution in [2.24, 2.45) is 0 Å². The number of nitrogens with zero attached hydrogens (tertiary/aromatic N) is 1. The van der Waals surface area contributed by atoms with Gasteiger partial charge in [0.05, 0.1) is 6.04 Å². The van der Waals surface area contributed by atoms with Gasteiger partial charge in [0.15, 0.2) is 0 Å². The van der Waals surface area contributed by atoms with Gasteiger partial charge in [-0.25, -0.2) is 4.98 Å². The number of benzene rings is 1. The van der Waals surface area contributed by atoms with Crippen LogP contribution in [0.1, 0.15) is 22.9 Å². The minimum absolute atomic E-state index is 0.131. The third-order valence-corrected chi connectivity index (χ3v) is 4.55. The van der Waals surface area contributed by atoms with E-state index < -0.39 is 6.10 Å². The highest BCUT2D eigenvalue weighted by Gasteiger charge is 2.12. The van der Waals surface area contributed by atoms with E-state index in [4.69, 9.17) is 4.74 Å². The van der Waals surface area contributed by atoms with Crippen molar-refractivity contribution in [3.8, 4) is 5.75 Å². The van der Waals surface area contributed by atoms with E-state index in [1.807, 2.05) is 44.3 Å². The maximum absolute atomic E-state index is 9.95. The molecule has 0 saturated carbocycles. The summed E-state index contributed by atoms with van der Waals surface area (Å²) in [5.74, 6) is 0.751. The van der Waals surface area contributed by atoms with Crippen LogP contribution in [0.4, 0.5) is 0 Å². The second kappa shape index (κ2) is 7.89. The lowest BCUT2D eigenvalue weighted by atomic mass is 10.3. The minimum atomic E-state index is -0.558. The van der Waals surface area contributed by atoms with E-state index in [1.54, 1.807) is 11.3 Å². The van der Waals surface area contributed by atoms with E-state index in [2.05, 4.69) is 26.2 Å². The Morgan fingerprint density at radius 3 is 2.71 bits per heavy atom. The summed E-state index contributed by atoms with van der Waals surface area (Å²) >= 11 is 5.04. The zero-order valence-corrected chi connectivity index (χ0v) is 14.4. The number of aryl methyl sites for hydroxylation is 1. The van der Waals surface area contributed by atoms with Gasteiger partial charge in [-0.15, -0.1) is 11.3 Å². The molecule has 0 spiro atoms. The van der Waals surface area contributed by atoms with Crippen LogP contribution in [-0.2, 0) is 0 Å². The molecule has 2 rings (SSSR count). The minimum Gasteiger partial charge on any atom is -0.491 e. The molecule has 1 aromatic heterocycles. The van der Waals surface area contributed by atoms with Gasteiger partial charge in [0, 0.05) is 22.1 Å². The van der Waals surface area contributed by atoms with Gasteiger partial charge in [-0.05, 0) is 38.1 Å². The average Bonchev–Trinajstić information content (AvgIpc) is 2.91. The fourth-order valence-corrected chi connectivity index (χ4v) is 2.82. The standard InChI is InChI=1S/C15H19BrN2O2S/c1-10-7-18-15(21-10)11(2)17-8-13(19)9-20-14-5-3-12(16)4-6-14/h3-7,11,13,17,19H,8-9H2,1-2H3. The van der Waals surface area contributed by atoms with E-state index >= 15 is 0 Å². The maximum atomic E-state index is 9.95. The van der Waals surface area contributed by atoms with Crippen molar-refractivity contribution in [2.45, 2.75) is 26.0 Å². The number of aliphatic hydroxyl groups is 1. The number of thiazole rings is 1. The molecule has 0 fully saturated rings. The zero-order chi connectivity index (χ0) is 15.2. The van der Waals surface area contributed by atoms with Gasteiger partial charge >= 0.3 is 0 Å². The molecule has 0 radical (unpaired) electrons. The molecule has 2 N–H and O–H groups in total. The first kappa shape index (κ1) is 16.4. The molecule has 0 bridgehead atoms. The lowest BCUT2D eigenvalue weighted by molar-refractivity contribution is 0.104. The number of hydrogen-bond acceptors (Lipinski definition) is 5. The van der Waals surface area contributed by atoms with Crippen LogP contribution in [0.25, 0.3) is 0 Å². The Hall–Kier alpha value is -0.950. The number of aliphatic hydroxyl groups excluding tert-OH is 1. The Balaban J connectivity index is 1.72. The quantitative estimate of drug-likeness (QED) is 0.784. The van der Waals surface area contributed by atoms with Crippen LogP contribution >= 0.6 is 27.3 Å². The number of rotatable bonds is 7. The van der Waals surface area contributed by atoms with E-state index in [9.17, 15) is 5.11 Å². The topological polar surface area (TPSA) is 54.4 Å². The highest BCUT2D eigenvalue weighted by molar-refractivity contribution is 9.10. The van der Waals surface area contributed by atoms with Gasteiger partial charge in [0.25, 0.3) is 0 Å². The molecule has 0 amide bonds. The SMILES string of the molecule is Cc1cnc(C(C)NCC(O)COc2ccc(Br)cc2)s1. The molecule has 2 unspecified atom stereocenters. The van der Waals surface area contributed by atoms with Crippen molar-refractivity contribution in [1.82, 2.24) is 10.3 Å². The molecule has 2 atom stereocenters. The van der Waals surface area contributed by atoms with E-state index in [-0.39, 0.29) is 12.6 Å². The number of hydrogen-bond donors (Lipinski definition) is 2. The van der Waals surface area contributed by atoms with Crippen LogP contribution in [0.15, 0.2) is 34.9 Å². The number of aromatic nitrogens is 1. The molecule has 4 nitrogen and oxygen atoms in total. The first-order valence-electron chi connectivity index (χ1n) is 6.76. The molecule has 0 aliphatic carbocycles. The summed E-state index contributed by atoms with van der Waals surface area (Å²) in [6.07, 6.45) is 1.31. The van der Waals surface area contributed by atoms with Crippen molar-refractivity contribution >= 4 is 27.3 Å². The third-order valence-electron chi connectivity index (χ3n) is 2.93. The third kappa shape index (κ3) is 5.39. The Morgan fingerprint density at radius 2 is 2.10 bits per heavy atom. The van der Waals surface area contributed by atoms with Crippen molar-refractivity contribution in [3.05, 3.63) is 44.8 Å². The van der Waals surface area contributed by atoms with Crippen LogP contribution in [0.3, 0.4) is 0 Å². The lowest BCUT2D eigenvalue weighted by Crippen LogP contribution is -2.33. The molecule has 0 aliphatic heterocycles.